The van der Waals surface area contributed by atoms with E-state index in [0.29, 0.717) is 0 Å². The van der Waals surface area contributed by atoms with Gasteiger partial charge in [-0.1, -0.05) is 24.3 Å². The minimum absolute atomic E-state index is 0.269. The van der Waals surface area contributed by atoms with Crippen LogP contribution in [-0.4, -0.2) is 52.2 Å². The maximum atomic E-state index is 13.0. The molecule has 9 nitrogen and oxygen atoms in total. The second kappa shape index (κ2) is 9.38. The van der Waals surface area contributed by atoms with Crippen molar-refractivity contribution in [2.45, 2.75) is 25.5 Å². The van der Waals surface area contributed by atoms with Gasteiger partial charge >= 0.3 is 12.1 Å². The van der Waals surface area contributed by atoms with Crippen molar-refractivity contribution >= 4 is 45.6 Å². The molecule has 3 rings (SSSR count). The van der Waals surface area contributed by atoms with Gasteiger partial charge in [0, 0.05) is 10.8 Å². The smallest absolute Gasteiger partial charge is 0.419 e. The molecule has 0 spiro atoms. The third kappa shape index (κ3) is 4.48. The number of aliphatic carboxylic acids is 1. The van der Waals surface area contributed by atoms with Gasteiger partial charge in [-0.3, -0.25) is 19.2 Å². The number of carboxylic acids is 1. The van der Waals surface area contributed by atoms with E-state index in [1.165, 1.54) is 6.92 Å². The number of nitrogens with one attached hydrogen (secondary N) is 1. The van der Waals surface area contributed by atoms with Crippen molar-refractivity contribution in [3.8, 4) is 0 Å². The van der Waals surface area contributed by atoms with E-state index in [9.17, 15) is 28.4 Å². The number of fused-ring (bicyclic) bond motifs is 2. The van der Waals surface area contributed by atoms with E-state index in [1.807, 2.05) is 0 Å². The van der Waals surface area contributed by atoms with E-state index in [0.717, 1.165) is 4.57 Å². The molecule has 1 heterocycles. The van der Waals surface area contributed by atoms with Crippen LogP contribution >= 0.6 is 0 Å². The first kappa shape index (κ1) is 22.6. The fourth-order valence-electron chi connectivity index (χ4n) is 3.25. The molecule has 0 saturated heterocycles. The summed E-state index contributed by atoms with van der Waals surface area (Å²) in [5, 5.41) is 11.5. The molecule has 1 aromatic heterocycles. The minimum Gasteiger partial charge on any atom is -0.481 e. The van der Waals surface area contributed by atoms with Crippen molar-refractivity contribution in [1.82, 2.24) is 9.88 Å². The first-order chi connectivity index (χ1) is 15.2. The molecule has 0 aliphatic rings. The van der Waals surface area contributed by atoms with E-state index < -0.39 is 49.0 Å². The summed E-state index contributed by atoms with van der Waals surface area (Å²) in [6.45, 7) is -0.236. The zero-order chi connectivity index (χ0) is 23.4. The second-order valence-corrected chi connectivity index (χ2v) is 6.98. The van der Waals surface area contributed by atoms with Crippen molar-refractivity contribution < 1.29 is 33.4 Å². The molecule has 10 heteroatoms. The van der Waals surface area contributed by atoms with Crippen LogP contribution in [0, 0.1) is 0 Å². The van der Waals surface area contributed by atoms with Crippen molar-refractivity contribution in [2.24, 2.45) is 0 Å². The van der Waals surface area contributed by atoms with Crippen LogP contribution in [0.15, 0.2) is 53.3 Å². The number of amides is 1. The Bertz CT molecular complexity index is 1220. The molecule has 2 atom stereocenters. The number of carbonyl (C=O) groups is 4. The Kier molecular flexibility index (Phi) is 6.62. The Morgan fingerprint density at radius 3 is 2.06 bits per heavy atom. The molecular weight excluding hydrogens is 423 g/mol. The van der Waals surface area contributed by atoms with Crippen LogP contribution < -0.4 is 10.7 Å². The summed E-state index contributed by atoms with van der Waals surface area (Å²) >= 11 is 0. The van der Waals surface area contributed by atoms with E-state index >= 15 is 0 Å². The lowest BCUT2D eigenvalue weighted by Crippen LogP contribution is -2.47. The normalized spacial score (nSPS) is 12.8. The Labute approximate surface area is 180 Å². The number of nitrogens with zero attached hydrogens (tertiary/aromatic N) is 1. The van der Waals surface area contributed by atoms with E-state index in [-0.39, 0.29) is 27.2 Å². The summed E-state index contributed by atoms with van der Waals surface area (Å²) in [5.41, 5.74) is 0.266. The Balaban J connectivity index is 1.92. The van der Waals surface area contributed by atoms with E-state index in [2.05, 4.69) is 5.32 Å². The number of pyridine rings is 1. The van der Waals surface area contributed by atoms with E-state index in [4.69, 9.17) is 9.84 Å². The highest BCUT2D eigenvalue weighted by atomic mass is 19.1. The molecule has 1 amide bonds. The Hall–Kier alpha value is -4.08. The van der Waals surface area contributed by atoms with Gasteiger partial charge < -0.3 is 15.2 Å². The summed E-state index contributed by atoms with van der Waals surface area (Å²) in [6, 6.07) is 11.2. The molecule has 3 aromatic rings. The van der Waals surface area contributed by atoms with Gasteiger partial charge in [-0.15, -0.1) is 0 Å². The molecule has 2 aromatic carbocycles. The van der Waals surface area contributed by atoms with Crippen LogP contribution in [0.25, 0.3) is 21.8 Å². The number of ether oxygens (including phenoxy) is 1. The number of hydrogen-bond donors (Lipinski definition) is 2. The molecule has 0 aliphatic carbocycles. The minimum atomic E-state index is -1.60. The quantitative estimate of drug-likeness (QED) is 0.535. The molecule has 2 N–H and O–H groups in total. The molecule has 0 aliphatic heterocycles. The second-order valence-electron chi connectivity index (χ2n) is 6.98. The monoisotopic (exact) mass is 442 g/mol. The number of aromatic nitrogens is 1. The van der Waals surface area contributed by atoms with Crippen LogP contribution in [0.3, 0.4) is 0 Å². The number of benzene rings is 2. The maximum absolute atomic E-state index is 13.0. The third-order valence-electron chi connectivity index (χ3n) is 4.82. The molecule has 166 valence electrons. The fourth-order valence-corrected chi connectivity index (χ4v) is 3.25. The molecule has 0 saturated carbocycles. The average molecular weight is 442 g/mol. The van der Waals surface area contributed by atoms with Crippen molar-refractivity contribution in [3.05, 3.63) is 58.8 Å². The standard InChI is InChI=1S/C22H19FN2O7/c1-12(21(30)24-15(10-19(27)28)18(26)11-23)32-22(31)25-16-8-4-2-6-13(16)20(29)14-7-3-5-9-17(14)25/h2-9,12,15H,10-11H2,1H3,(H,24,30)(H,27,28). The summed E-state index contributed by atoms with van der Waals surface area (Å²) < 4.78 is 19.1. The van der Waals surface area contributed by atoms with Crippen molar-refractivity contribution in [2.75, 3.05) is 6.67 Å². The lowest BCUT2D eigenvalue weighted by atomic mass is 10.1. The first-order valence-corrected chi connectivity index (χ1v) is 9.59. The molecule has 0 bridgehead atoms. The number of hydrogen-bond acceptors (Lipinski definition) is 6. The number of rotatable bonds is 7. The van der Waals surface area contributed by atoms with Crippen LogP contribution in [0.2, 0.25) is 0 Å². The van der Waals surface area contributed by atoms with Crippen molar-refractivity contribution in [3.63, 3.8) is 0 Å². The Morgan fingerprint density at radius 1 is 1.03 bits per heavy atom. The average Bonchev–Trinajstić information content (AvgIpc) is 2.78. The molecule has 0 radical (unpaired) electrons. The topological polar surface area (TPSA) is 132 Å². The predicted octanol–water partition coefficient (Wildman–Crippen LogP) is 2.03. The van der Waals surface area contributed by atoms with Crippen LogP contribution in [-0.2, 0) is 19.1 Å². The highest BCUT2D eigenvalue weighted by Crippen LogP contribution is 2.20. The predicted molar refractivity (Wildman–Crippen MR) is 112 cm³/mol. The van der Waals surface area contributed by atoms with Crippen LogP contribution in [0.1, 0.15) is 13.3 Å². The summed E-state index contributed by atoms with van der Waals surface area (Å²) in [5.74, 6) is -3.49. The molecule has 0 fully saturated rings. The molecular formula is C22H19FN2O7. The fraction of sp³-hybridized carbons (Fsp3) is 0.227. The van der Waals surface area contributed by atoms with Gasteiger partial charge in [0.15, 0.2) is 17.3 Å². The lowest BCUT2D eigenvalue weighted by Gasteiger charge is -2.20. The van der Waals surface area contributed by atoms with Crippen molar-refractivity contribution in [1.29, 1.82) is 0 Å². The summed E-state index contributed by atoms with van der Waals surface area (Å²) in [7, 11) is 0. The van der Waals surface area contributed by atoms with Gasteiger partial charge in [0.2, 0.25) is 0 Å². The van der Waals surface area contributed by atoms with Crippen LogP contribution in [0.5, 0.6) is 0 Å². The van der Waals surface area contributed by atoms with Gasteiger partial charge in [-0.25, -0.2) is 13.8 Å². The SMILES string of the molecule is CC(OC(=O)n1c2ccccc2c(=O)c2ccccc21)C(=O)NC(CC(=O)O)C(=O)CF. The number of alkyl halides is 1. The lowest BCUT2D eigenvalue weighted by molar-refractivity contribution is -0.141. The zero-order valence-corrected chi connectivity index (χ0v) is 16.9. The number of halogens is 1. The summed E-state index contributed by atoms with van der Waals surface area (Å²) in [4.78, 5) is 60.6. The van der Waals surface area contributed by atoms with E-state index in [1.54, 1.807) is 48.5 Å². The first-order valence-electron chi connectivity index (χ1n) is 9.59. The number of ketones is 1. The molecule has 2 unspecified atom stereocenters. The zero-order valence-electron chi connectivity index (χ0n) is 16.9. The number of carboxylic acid groups (broad SMARTS) is 1. The number of para-hydroxylation sites is 2. The third-order valence-corrected chi connectivity index (χ3v) is 4.82. The highest BCUT2D eigenvalue weighted by molar-refractivity contribution is 6.01. The highest BCUT2D eigenvalue weighted by Gasteiger charge is 2.28. The van der Waals surface area contributed by atoms with Gasteiger partial charge in [0.1, 0.15) is 12.7 Å². The number of carbonyl (C=O) groups excluding carboxylic acids is 3. The Morgan fingerprint density at radius 2 is 1.56 bits per heavy atom. The maximum Gasteiger partial charge on any atom is 0.419 e. The number of Topliss-reactive ketones (excluding diaryl/α,β-unsaturated/α-hetero) is 1. The van der Waals surface area contributed by atoms with Gasteiger partial charge in [0.25, 0.3) is 5.91 Å². The molecule has 32 heavy (non-hydrogen) atoms. The van der Waals surface area contributed by atoms with Gasteiger partial charge in [-0.2, -0.15) is 0 Å². The summed E-state index contributed by atoms with van der Waals surface area (Å²) in [6.07, 6.45) is -3.22. The van der Waals surface area contributed by atoms with Gasteiger partial charge in [0.05, 0.1) is 17.5 Å². The van der Waals surface area contributed by atoms with Gasteiger partial charge in [-0.05, 0) is 31.2 Å². The van der Waals surface area contributed by atoms with Crippen LogP contribution in [0.4, 0.5) is 9.18 Å². The largest absolute Gasteiger partial charge is 0.481 e.